The summed E-state index contributed by atoms with van der Waals surface area (Å²) in [4.78, 5) is 28.8. The highest BCUT2D eigenvalue weighted by Crippen LogP contribution is 2.33. The third-order valence-corrected chi connectivity index (χ3v) is 5.68. The second-order valence-corrected chi connectivity index (χ2v) is 8.16. The van der Waals surface area contributed by atoms with E-state index in [9.17, 15) is 9.59 Å². The molecule has 1 heterocycles. The normalized spacial score (nSPS) is 13.1. The van der Waals surface area contributed by atoms with Crippen LogP contribution in [0.15, 0.2) is 53.9 Å². The third kappa shape index (κ3) is 5.33. The topological polar surface area (TPSA) is 89.5 Å². The molecular formula is C24H23N3O4S. The minimum absolute atomic E-state index is 0.0603. The van der Waals surface area contributed by atoms with E-state index in [-0.39, 0.29) is 11.8 Å². The Balaban J connectivity index is 1.36. The predicted molar refractivity (Wildman–Crippen MR) is 125 cm³/mol. The highest BCUT2D eigenvalue weighted by atomic mass is 32.1. The Bertz CT molecular complexity index is 1150. The summed E-state index contributed by atoms with van der Waals surface area (Å²) < 4.78 is 10.6. The van der Waals surface area contributed by atoms with Gasteiger partial charge in [-0.05, 0) is 54.8 Å². The molecule has 32 heavy (non-hydrogen) atoms. The number of thiazole rings is 1. The van der Waals surface area contributed by atoms with Crippen LogP contribution in [0.25, 0.3) is 17.3 Å². The van der Waals surface area contributed by atoms with Gasteiger partial charge < -0.3 is 14.8 Å². The van der Waals surface area contributed by atoms with Crippen molar-refractivity contribution in [2.45, 2.75) is 18.9 Å². The summed E-state index contributed by atoms with van der Waals surface area (Å²) in [7, 11) is 3.17. The quantitative estimate of drug-likeness (QED) is 0.499. The molecule has 2 amide bonds. The Kier molecular flexibility index (Phi) is 6.51. The van der Waals surface area contributed by atoms with Gasteiger partial charge in [-0.3, -0.25) is 14.9 Å². The number of rotatable bonds is 8. The van der Waals surface area contributed by atoms with Gasteiger partial charge in [-0.25, -0.2) is 4.98 Å². The molecule has 0 bridgehead atoms. The maximum absolute atomic E-state index is 12.3. The minimum Gasteiger partial charge on any atom is -0.493 e. The molecule has 0 saturated heterocycles. The Morgan fingerprint density at radius 3 is 2.50 bits per heavy atom. The second kappa shape index (κ2) is 9.65. The van der Waals surface area contributed by atoms with Crippen molar-refractivity contribution in [1.29, 1.82) is 0 Å². The van der Waals surface area contributed by atoms with Crippen molar-refractivity contribution < 1.29 is 19.1 Å². The molecule has 4 rings (SSSR count). The highest BCUT2D eigenvalue weighted by molar-refractivity contribution is 7.14. The van der Waals surface area contributed by atoms with Crippen LogP contribution in [-0.2, 0) is 4.79 Å². The number of carbonyl (C=O) groups is 2. The van der Waals surface area contributed by atoms with Crippen molar-refractivity contribution in [2.75, 3.05) is 19.5 Å². The lowest BCUT2D eigenvalue weighted by molar-refractivity contribution is -0.111. The summed E-state index contributed by atoms with van der Waals surface area (Å²) in [5, 5.41) is 8.09. The molecule has 0 aliphatic heterocycles. The number of aromatic nitrogens is 1. The number of nitrogens with one attached hydrogen (secondary N) is 2. The van der Waals surface area contributed by atoms with Gasteiger partial charge in [0.25, 0.3) is 5.91 Å². The van der Waals surface area contributed by atoms with E-state index in [0.717, 1.165) is 29.7 Å². The Morgan fingerprint density at radius 1 is 1.06 bits per heavy atom. The zero-order valence-corrected chi connectivity index (χ0v) is 18.6. The number of methoxy groups -OCH3 is 2. The van der Waals surface area contributed by atoms with Gasteiger partial charge in [0, 0.05) is 28.6 Å². The molecule has 7 nitrogen and oxygen atoms in total. The van der Waals surface area contributed by atoms with E-state index in [1.165, 1.54) is 17.4 Å². The average Bonchev–Trinajstić information content (AvgIpc) is 3.52. The number of hydrogen-bond donors (Lipinski definition) is 2. The van der Waals surface area contributed by atoms with Crippen LogP contribution in [0.3, 0.4) is 0 Å². The third-order valence-electron chi connectivity index (χ3n) is 4.93. The van der Waals surface area contributed by atoms with Crippen molar-refractivity contribution in [3.05, 3.63) is 65.0 Å². The average molecular weight is 450 g/mol. The summed E-state index contributed by atoms with van der Waals surface area (Å²) in [6.45, 7) is 0. The van der Waals surface area contributed by atoms with E-state index in [0.29, 0.717) is 28.2 Å². The molecule has 2 aromatic carbocycles. The smallest absolute Gasteiger partial charge is 0.251 e. The van der Waals surface area contributed by atoms with E-state index in [4.69, 9.17) is 9.47 Å². The van der Waals surface area contributed by atoms with Crippen LogP contribution in [-0.4, -0.2) is 37.1 Å². The molecule has 1 aromatic heterocycles. The summed E-state index contributed by atoms with van der Waals surface area (Å²) in [6, 6.07) is 13.0. The second-order valence-electron chi connectivity index (χ2n) is 7.30. The van der Waals surface area contributed by atoms with Crippen molar-refractivity contribution in [2.24, 2.45) is 0 Å². The lowest BCUT2D eigenvalue weighted by atomic mass is 10.1. The highest BCUT2D eigenvalue weighted by Gasteiger charge is 2.23. The van der Waals surface area contributed by atoms with E-state index >= 15 is 0 Å². The first-order valence-corrected chi connectivity index (χ1v) is 11.0. The van der Waals surface area contributed by atoms with Gasteiger partial charge in [0.05, 0.1) is 19.9 Å². The molecule has 1 aliphatic carbocycles. The van der Waals surface area contributed by atoms with Crippen LogP contribution in [0.4, 0.5) is 5.13 Å². The fourth-order valence-electron chi connectivity index (χ4n) is 3.02. The number of anilines is 1. The molecule has 1 fully saturated rings. The molecule has 2 N–H and O–H groups in total. The summed E-state index contributed by atoms with van der Waals surface area (Å²) in [6.07, 6.45) is 5.24. The first-order chi connectivity index (χ1) is 15.6. The molecule has 8 heteroatoms. The van der Waals surface area contributed by atoms with Crippen molar-refractivity contribution in [1.82, 2.24) is 10.3 Å². The number of ether oxygens (including phenoxy) is 2. The molecular weight excluding hydrogens is 426 g/mol. The van der Waals surface area contributed by atoms with Crippen molar-refractivity contribution >= 4 is 34.4 Å². The monoisotopic (exact) mass is 449 g/mol. The maximum Gasteiger partial charge on any atom is 0.251 e. The van der Waals surface area contributed by atoms with Gasteiger partial charge in [-0.15, -0.1) is 11.3 Å². The van der Waals surface area contributed by atoms with Crippen LogP contribution in [0.2, 0.25) is 0 Å². The Hall–Kier alpha value is -3.65. The molecule has 0 unspecified atom stereocenters. The summed E-state index contributed by atoms with van der Waals surface area (Å²) in [5.74, 6) is 0.910. The molecule has 164 valence electrons. The lowest BCUT2D eigenvalue weighted by Crippen LogP contribution is -2.25. The van der Waals surface area contributed by atoms with Gasteiger partial charge in [0.15, 0.2) is 16.6 Å². The molecule has 0 radical (unpaired) electrons. The Labute approximate surface area is 190 Å². The zero-order valence-electron chi connectivity index (χ0n) is 17.8. The van der Waals surface area contributed by atoms with Crippen LogP contribution < -0.4 is 20.1 Å². The molecule has 0 atom stereocenters. The zero-order chi connectivity index (χ0) is 22.5. The molecule has 1 aliphatic rings. The van der Waals surface area contributed by atoms with E-state index in [1.54, 1.807) is 32.4 Å². The van der Waals surface area contributed by atoms with Gasteiger partial charge in [-0.2, -0.15) is 0 Å². The van der Waals surface area contributed by atoms with Crippen molar-refractivity contribution in [3.63, 3.8) is 0 Å². The number of hydrogen-bond acceptors (Lipinski definition) is 6. The lowest BCUT2D eigenvalue weighted by Gasteiger charge is -2.08. The van der Waals surface area contributed by atoms with Gasteiger partial charge in [0.2, 0.25) is 5.91 Å². The number of benzene rings is 2. The first kappa shape index (κ1) is 21.6. The van der Waals surface area contributed by atoms with Crippen LogP contribution in [0.1, 0.15) is 28.8 Å². The SMILES string of the molecule is COc1ccc(-c2csc(NC(=O)/C=C/c3ccc(C(=O)NC4CC4)cc3)n2)cc1OC. The fourth-order valence-corrected chi connectivity index (χ4v) is 3.74. The van der Waals surface area contributed by atoms with E-state index in [1.807, 2.05) is 35.7 Å². The predicted octanol–water partition coefficient (Wildman–Crippen LogP) is 4.37. The van der Waals surface area contributed by atoms with Gasteiger partial charge >= 0.3 is 0 Å². The summed E-state index contributed by atoms with van der Waals surface area (Å²) in [5.41, 5.74) is 3.04. The van der Waals surface area contributed by atoms with Crippen LogP contribution in [0.5, 0.6) is 11.5 Å². The van der Waals surface area contributed by atoms with Crippen LogP contribution >= 0.6 is 11.3 Å². The Morgan fingerprint density at radius 2 is 1.81 bits per heavy atom. The van der Waals surface area contributed by atoms with Crippen LogP contribution in [0, 0.1) is 0 Å². The van der Waals surface area contributed by atoms with Crippen molar-refractivity contribution in [3.8, 4) is 22.8 Å². The maximum atomic E-state index is 12.3. The number of nitrogens with zero attached hydrogens (tertiary/aromatic N) is 1. The molecule has 3 aromatic rings. The molecule has 1 saturated carbocycles. The minimum atomic E-state index is -0.284. The molecule has 0 spiro atoms. The number of carbonyl (C=O) groups excluding carboxylic acids is 2. The van der Waals surface area contributed by atoms with E-state index < -0.39 is 0 Å². The standard InChI is InChI=1S/C24H23N3O4S/c1-30-20-11-8-17(13-21(20)31-2)19-14-32-24(26-19)27-22(28)12-5-15-3-6-16(7-4-15)23(29)25-18-9-10-18/h3-8,11-14,18H,9-10H2,1-2H3,(H,25,29)(H,26,27,28)/b12-5+. The van der Waals surface area contributed by atoms with Gasteiger partial charge in [-0.1, -0.05) is 12.1 Å². The fraction of sp³-hybridized carbons (Fsp3) is 0.208. The van der Waals surface area contributed by atoms with E-state index in [2.05, 4.69) is 15.6 Å². The first-order valence-electron chi connectivity index (χ1n) is 10.1. The summed E-state index contributed by atoms with van der Waals surface area (Å²) >= 11 is 1.34. The largest absolute Gasteiger partial charge is 0.493 e. The number of amides is 2. The van der Waals surface area contributed by atoms with Gasteiger partial charge in [0.1, 0.15) is 0 Å².